The van der Waals surface area contributed by atoms with Crippen molar-refractivity contribution in [2.75, 3.05) is 31.6 Å². The van der Waals surface area contributed by atoms with E-state index < -0.39 is 0 Å². The molecule has 1 atom stereocenters. The van der Waals surface area contributed by atoms with E-state index in [0.717, 1.165) is 26.3 Å². The van der Waals surface area contributed by atoms with Gasteiger partial charge in [0.2, 0.25) is 0 Å². The third kappa shape index (κ3) is 3.22. The maximum atomic E-state index is 5.39. The summed E-state index contributed by atoms with van der Waals surface area (Å²) in [7, 11) is 0. The Hall–Kier alpha value is -1.06. The molecule has 0 unspecified atom stereocenters. The van der Waals surface area contributed by atoms with Crippen molar-refractivity contribution in [3.05, 3.63) is 29.8 Å². The summed E-state index contributed by atoms with van der Waals surface area (Å²) in [4.78, 5) is 0. The Balaban J connectivity index is 1.81. The summed E-state index contributed by atoms with van der Waals surface area (Å²) in [5.41, 5.74) is 2.47. The van der Waals surface area contributed by atoms with Gasteiger partial charge >= 0.3 is 0 Å². The molecule has 1 aliphatic heterocycles. The lowest BCUT2D eigenvalue weighted by Crippen LogP contribution is -2.45. The van der Waals surface area contributed by atoms with Crippen molar-refractivity contribution in [1.82, 2.24) is 5.32 Å². The SMILES string of the molecule is Cc1cccc(NC[C@@H]2COCCN2)c1. The van der Waals surface area contributed by atoms with Crippen LogP contribution in [0.5, 0.6) is 0 Å². The van der Waals surface area contributed by atoms with Gasteiger partial charge in [-0.2, -0.15) is 0 Å². The molecule has 15 heavy (non-hydrogen) atoms. The molecule has 2 N–H and O–H groups in total. The Bertz CT molecular complexity index is 308. The van der Waals surface area contributed by atoms with E-state index in [9.17, 15) is 0 Å². The first-order valence-electron chi connectivity index (χ1n) is 5.46. The zero-order valence-corrected chi connectivity index (χ0v) is 9.12. The number of ether oxygens (including phenoxy) is 1. The molecule has 0 aliphatic carbocycles. The highest BCUT2D eigenvalue weighted by Gasteiger charge is 2.11. The highest BCUT2D eigenvalue weighted by atomic mass is 16.5. The quantitative estimate of drug-likeness (QED) is 0.784. The number of hydrogen-bond donors (Lipinski definition) is 2. The first kappa shape index (κ1) is 10.5. The zero-order valence-electron chi connectivity index (χ0n) is 9.12. The maximum Gasteiger partial charge on any atom is 0.0637 e. The summed E-state index contributed by atoms with van der Waals surface area (Å²) in [6.07, 6.45) is 0. The molecule has 1 aliphatic rings. The molecule has 1 aromatic carbocycles. The van der Waals surface area contributed by atoms with Crippen LogP contribution in [0.1, 0.15) is 5.56 Å². The van der Waals surface area contributed by atoms with Crippen molar-refractivity contribution < 1.29 is 4.74 Å². The predicted octanol–water partition coefficient (Wildman–Crippen LogP) is 1.40. The van der Waals surface area contributed by atoms with Crippen LogP contribution < -0.4 is 10.6 Å². The maximum absolute atomic E-state index is 5.39. The van der Waals surface area contributed by atoms with Gasteiger partial charge in [-0.15, -0.1) is 0 Å². The molecule has 0 saturated carbocycles. The average Bonchev–Trinajstić information content (AvgIpc) is 2.28. The molecule has 3 nitrogen and oxygen atoms in total. The summed E-state index contributed by atoms with van der Waals surface area (Å²) in [6.45, 7) is 5.62. The van der Waals surface area contributed by atoms with Crippen LogP contribution in [0.4, 0.5) is 5.69 Å². The van der Waals surface area contributed by atoms with E-state index in [2.05, 4.69) is 41.8 Å². The lowest BCUT2D eigenvalue weighted by molar-refractivity contribution is 0.0806. The highest BCUT2D eigenvalue weighted by molar-refractivity contribution is 5.45. The van der Waals surface area contributed by atoms with Crippen molar-refractivity contribution in [2.45, 2.75) is 13.0 Å². The van der Waals surface area contributed by atoms with Gasteiger partial charge in [0.25, 0.3) is 0 Å². The Kier molecular flexibility index (Phi) is 3.59. The molecule has 3 heteroatoms. The van der Waals surface area contributed by atoms with Crippen LogP contribution in [0, 0.1) is 6.92 Å². The summed E-state index contributed by atoms with van der Waals surface area (Å²) < 4.78 is 5.39. The van der Waals surface area contributed by atoms with Gasteiger partial charge in [-0.05, 0) is 24.6 Å². The average molecular weight is 206 g/mol. The molecule has 82 valence electrons. The minimum absolute atomic E-state index is 0.430. The normalized spacial score (nSPS) is 21.3. The van der Waals surface area contributed by atoms with Gasteiger partial charge in [0.1, 0.15) is 0 Å². The van der Waals surface area contributed by atoms with Crippen LogP contribution in [0.15, 0.2) is 24.3 Å². The second kappa shape index (κ2) is 5.14. The van der Waals surface area contributed by atoms with Crippen LogP contribution >= 0.6 is 0 Å². The largest absolute Gasteiger partial charge is 0.383 e. The molecule has 1 saturated heterocycles. The Morgan fingerprint density at radius 2 is 2.47 bits per heavy atom. The third-order valence-electron chi connectivity index (χ3n) is 2.57. The van der Waals surface area contributed by atoms with Crippen molar-refractivity contribution >= 4 is 5.69 Å². The first-order chi connectivity index (χ1) is 7.34. The van der Waals surface area contributed by atoms with Gasteiger partial charge < -0.3 is 15.4 Å². The van der Waals surface area contributed by atoms with E-state index in [1.54, 1.807) is 0 Å². The molecule has 1 heterocycles. The minimum atomic E-state index is 0.430. The van der Waals surface area contributed by atoms with Gasteiger partial charge in [0.15, 0.2) is 0 Å². The molecule has 0 radical (unpaired) electrons. The van der Waals surface area contributed by atoms with Crippen molar-refractivity contribution in [1.29, 1.82) is 0 Å². The van der Waals surface area contributed by atoms with Crippen LogP contribution in [0.25, 0.3) is 0 Å². The van der Waals surface area contributed by atoms with E-state index in [0.29, 0.717) is 6.04 Å². The summed E-state index contributed by atoms with van der Waals surface area (Å²) in [5.74, 6) is 0. The Labute approximate surface area is 90.8 Å². The van der Waals surface area contributed by atoms with Crippen molar-refractivity contribution in [2.24, 2.45) is 0 Å². The number of rotatable bonds is 3. The van der Waals surface area contributed by atoms with Crippen LogP contribution in [0.2, 0.25) is 0 Å². The molecular weight excluding hydrogens is 188 g/mol. The van der Waals surface area contributed by atoms with E-state index >= 15 is 0 Å². The number of nitrogens with one attached hydrogen (secondary N) is 2. The number of anilines is 1. The number of morpholine rings is 1. The second-order valence-corrected chi connectivity index (χ2v) is 3.98. The Morgan fingerprint density at radius 1 is 1.53 bits per heavy atom. The third-order valence-corrected chi connectivity index (χ3v) is 2.57. The molecule has 1 aromatic rings. The fourth-order valence-electron chi connectivity index (χ4n) is 1.75. The summed E-state index contributed by atoms with van der Waals surface area (Å²) in [6, 6.07) is 8.86. The van der Waals surface area contributed by atoms with E-state index in [4.69, 9.17) is 4.74 Å². The molecule has 1 fully saturated rings. The number of benzene rings is 1. The van der Waals surface area contributed by atoms with Gasteiger partial charge in [-0.1, -0.05) is 12.1 Å². The highest BCUT2D eigenvalue weighted by Crippen LogP contribution is 2.09. The topological polar surface area (TPSA) is 33.3 Å². The first-order valence-corrected chi connectivity index (χ1v) is 5.46. The van der Waals surface area contributed by atoms with E-state index in [1.807, 2.05) is 0 Å². The summed E-state index contributed by atoms with van der Waals surface area (Å²) >= 11 is 0. The van der Waals surface area contributed by atoms with Crippen LogP contribution in [-0.4, -0.2) is 32.3 Å². The van der Waals surface area contributed by atoms with Crippen molar-refractivity contribution in [3.63, 3.8) is 0 Å². The number of aryl methyl sites for hydroxylation is 1. The molecule has 0 bridgehead atoms. The molecule has 2 rings (SSSR count). The lowest BCUT2D eigenvalue weighted by Gasteiger charge is -2.24. The van der Waals surface area contributed by atoms with Crippen LogP contribution in [-0.2, 0) is 4.74 Å². The minimum Gasteiger partial charge on any atom is -0.383 e. The molecule has 0 spiro atoms. The summed E-state index contributed by atoms with van der Waals surface area (Å²) in [5, 5.41) is 6.83. The lowest BCUT2D eigenvalue weighted by atomic mass is 10.2. The zero-order chi connectivity index (χ0) is 10.5. The van der Waals surface area contributed by atoms with Crippen LogP contribution in [0.3, 0.4) is 0 Å². The van der Waals surface area contributed by atoms with Gasteiger partial charge in [0.05, 0.1) is 13.2 Å². The smallest absolute Gasteiger partial charge is 0.0637 e. The number of hydrogen-bond acceptors (Lipinski definition) is 3. The van der Waals surface area contributed by atoms with E-state index in [1.165, 1.54) is 11.3 Å². The fraction of sp³-hybridized carbons (Fsp3) is 0.500. The molecular formula is C12H18N2O. The predicted molar refractivity (Wildman–Crippen MR) is 62.3 cm³/mol. The van der Waals surface area contributed by atoms with E-state index in [-0.39, 0.29) is 0 Å². The standard InChI is InChI=1S/C12H18N2O/c1-10-3-2-4-11(7-10)14-8-12-9-15-6-5-13-12/h2-4,7,12-14H,5-6,8-9H2,1H3/t12-/m1/s1. The Morgan fingerprint density at radius 3 is 3.20 bits per heavy atom. The molecule has 0 aromatic heterocycles. The second-order valence-electron chi connectivity index (χ2n) is 3.98. The van der Waals surface area contributed by atoms with Gasteiger partial charge in [-0.25, -0.2) is 0 Å². The fourth-order valence-corrected chi connectivity index (χ4v) is 1.75. The van der Waals surface area contributed by atoms with Gasteiger partial charge in [-0.3, -0.25) is 0 Å². The molecule has 0 amide bonds. The monoisotopic (exact) mass is 206 g/mol. The van der Waals surface area contributed by atoms with Gasteiger partial charge in [0, 0.05) is 24.8 Å². The van der Waals surface area contributed by atoms with Crippen molar-refractivity contribution in [3.8, 4) is 0 Å².